The highest BCUT2D eigenvalue weighted by molar-refractivity contribution is 6.51. The van der Waals surface area contributed by atoms with Gasteiger partial charge in [-0.1, -0.05) is 30.3 Å². The number of carbonyl (C=O) groups is 3. The number of aliphatic hydroxyl groups excluding tert-OH is 1. The van der Waals surface area contributed by atoms with Gasteiger partial charge < -0.3 is 19.3 Å². The number of aliphatic hydroxyl groups is 1. The van der Waals surface area contributed by atoms with Crippen molar-refractivity contribution >= 4 is 29.1 Å². The molecule has 1 atom stereocenters. The lowest BCUT2D eigenvalue weighted by molar-refractivity contribution is -0.132. The zero-order valence-electron chi connectivity index (χ0n) is 20.1. The molecule has 0 spiro atoms. The lowest BCUT2D eigenvalue weighted by Gasteiger charge is -2.27. The summed E-state index contributed by atoms with van der Waals surface area (Å²) in [4.78, 5) is 40.1. The molecule has 8 nitrogen and oxygen atoms in total. The number of ketones is 1. The quantitative estimate of drug-likeness (QED) is 0.226. The van der Waals surface area contributed by atoms with E-state index < -0.39 is 23.7 Å². The fourth-order valence-corrected chi connectivity index (χ4v) is 4.16. The van der Waals surface area contributed by atoms with Crippen LogP contribution in [-0.2, 0) is 14.3 Å². The van der Waals surface area contributed by atoms with Crippen LogP contribution >= 0.6 is 0 Å². The van der Waals surface area contributed by atoms with Gasteiger partial charge in [0.15, 0.2) is 0 Å². The van der Waals surface area contributed by atoms with E-state index in [1.54, 1.807) is 67.6 Å². The Morgan fingerprint density at radius 3 is 2.22 bits per heavy atom. The zero-order valence-corrected chi connectivity index (χ0v) is 20.1. The van der Waals surface area contributed by atoms with E-state index in [0.29, 0.717) is 33.9 Å². The summed E-state index contributed by atoms with van der Waals surface area (Å²) in [7, 11) is 2.98. The van der Waals surface area contributed by atoms with Crippen LogP contribution in [0.2, 0.25) is 0 Å². The Labute approximate surface area is 208 Å². The molecule has 0 aromatic heterocycles. The molecule has 0 unspecified atom stereocenters. The summed E-state index contributed by atoms with van der Waals surface area (Å²) < 4.78 is 15.9. The van der Waals surface area contributed by atoms with Crippen molar-refractivity contribution in [2.75, 3.05) is 25.7 Å². The van der Waals surface area contributed by atoms with Crippen LogP contribution in [0, 0.1) is 0 Å². The molecule has 3 aromatic carbocycles. The second kappa shape index (κ2) is 10.4. The van der Waals surface area contributed by atoms with E-state index in [9.17, 15) is 19.5 Å². The van der Waals surface area contributed by atoms with Crippen LogP contribution in [0.25, 0.3) is 5.76 Å². The standard InChI is InChI=1S/C28H25NO7/c1-4-36-28(33)18-10-12-19(13-11-18)29-24(21-15-14-20(34-2)16-22(21)35-3)23(26(31)27(29)32)25(30)17-8-6-5-7-9-17/h5-16,24,30H,4H2,1-3H3/b25-23+/t24-/m0/s1. The van der Waals surface area contributed by atoms with Gasteiger partial charge in [-0.05, 0) is 43.3 Å². The van der Waals surface area contributed by atoms with Crippen molar-refractivity contribution in [1.29, 1.82) is 0 Å². The predicted octanol–water partition coefficient (Wildman–Crippen LogP) is 4.51. The highest BCUT2D eigenvalue weighted by atomic mass is 16.5. The van der Waals surface area contributed by atoms with E-state index >= 15 is 0 Å². The number of ether oxygens (including phenoxy) is 3. The van der Waals surface area contributed by atoms with Crippen molar-refractivity contribution < 1.29 is 33.7 Å². The second-order valence-electron chi connectivity index (χ2n) is 7.91. The third kappa shape index (κ3) is 4.40. The van der Waals surface area contributed by atoms with E-state index in [4.69, 9.17) is 14.2 Å². The van der Waals surface area contributed by atoms with Gasteiger partial charge in [0.1, 0.15) is 17.3 Å². The number of rotatable bonds is 7. The third-order valence-electron chi connectivity index (χ3n) is 5.88. The monoisotopic (exact) mass is 487 g/mol. The first kappa shape index (κ1) is 24.5. The Kier molecular flexibility index (Phi) is 7.05. The Morgan fingerprint density at radius 1 is 0.917 bits per heavy atom. The maximum Gasteiger partial charge on any atom is 0.338 e. The Bertz CT molecular complexity index is 1330. The van der Waals surface area contributed by atoms with Crippen molar-refractivity contribution in [2.24, 2.45) is 0 Å². The minimum Gasteiger partial charge on any atom is -0.507 e. The summed E-state index contributed by atoms with van der Waals surface area (Å²) in [6.07, 6.45) is 0. The number of amides is 1. The van der Waals surface area contributed by atoms with E-state index in [2.05, 4.69) is 0 Å². The smallest absolute Gasteiger partial charge is 0.338 e. The molecule has 4 rings (SSSR count). The molecular formula is C28H25NO7. The summed E-state index contributed by atoms with van der Waals surface area (Å²) in [5, 5.41) is 11.2. The van der Waals surface area contributed by atoms with E-state index in [-0.39, 0.29) is 17.9 Å². The molecule has 184 valence electrons. The molecule has 1 amide bonds. The lowest BCUT2D eigenvalue weighted by atomic mass is 9.94. The number of hydrogen-bond acceptors (Lipinski definition) is 7. The maximum absolute atomic E-state index is 13.4. The number of benzene rings is 3. The van der Waals surface area contributed by atoms with Crippen LogP contribution in [-0.4, -0.2) is 43.6 Å². The third-order valence-corrected chi connectivity index (χ3v) is 5.88. The lowest BCUT2D eigenvalue weighted by Crippen LogP contribution is -2.29. The molecule has 1 aliphatic heterocycles. The summed E-state index contributed by atoms with van der Waals surface area (Å²) in [6.45, 7) is 1.94. The summed E-state index contributed by atoms with van der Waals surface area (Å²) in [6, 6.07) is 18.7. The first-order valence-corrected chi connectivity index (χ1v) is 11.3. The molecule has 0 bridgehead atoms. The number of esters is 1. The Hall–Kier alpha value is -4.59. The topological polar surface area (TPSA) is 102 Å². The number of anilines is 1. The molecule has 8 heteroatoms. The average molecular weight is 488 g/mol. The predicted molar refractivity (Wildman–Crippen MR) is 133 cm³/mol. The van der Waals surface area contributed by atoms with Gasteiger partial charge in [0, 0.05) is 22.9 Å². The van der Waals surface area contributed by atoms with E-state index in [1.807, 2.05) is 0 Å². The molecular weight excluding hydrogens is 462 g/mol. The average Bonchev–Trinajstić information content (AvgIpc) is 3.18. The van der Waals surface area contributed by atoms with Gasteiger partial charge >= 0.3 is 5.97 Å². The SMILES string of the molecule is CCOC(=O)c1ccc(N2C(=O)C(=O)/C(=C(/O)c3ccccc3)[C@@H]2c2ccc(OC)cc2OC)cc1. The first-order chi connectivity index (χ1) is 17.4. The number of hydrogen-bond donors (Lipinski definition) is 1. The van der Waals surface area contributed by atoms with Crippen LogP contribution in [0.5, 0.6) is 11.5 Å². The fourth-order valence-electron chi connectivity index (χ4n) is 4.16. The summed E-state index contributed by atoms with van der Waals surface area (Å²) in [5.41, 5.74) is 1.46. The molecule has 1 aliphatic rings. The summed E-state index contributed by atoms with van der Waals surface area (Å²) >= 11 is 0. The minimum atomic E-state index is -1.00. The van der Waals surface area contributed by atoms with Crippen molar-refractivity contribution in [1.82, 2.24) is 0 Å². The van der Waals surface area contributed by atoms with Gasteiger partial charge in [0.05, 0.1) is 38.0 Å². The molecule has 1 fully saturated rings. The van der Waals surface area contributed by atoms with Gasteiger partial charge in [-0.25, -0.2) is 4.79 Å². The van der Waals surface area contributed by atoms with Crippen molar-refractivity contribution in [3.05, 3.63) is 95.1 Å². The van der Waals surface area contributed by atoms with Gasteiger partial charge in [-0.15, -0.1) is 0 Å². The number of carbonyl (C=O) groups excluding carboxylic acids is 3. The fraction of sp³-hybridized carbons (Fsp3) is 0.179. The number of Topliss-reactive ketones (excluding diaryl/α,β-unsaturated/α-hetero) is 1. The van der Waals surface area contributed by atoms with Crippen molar-refractivity contribution in [2.45, 2.75) is 13.0 Å². The second-order valence-corrected chi connectivity index (χ2v) is 7.91. The Balaban J connectivity index is 1.91. The highest BCUT2D eigenvalue weighted by Crippen LogP contribution is 2.45. The van der Waals surface area contributed by atoms with Crippen molar-refractivity contribution in [3.8, 4) is 11.5 Å². The molecule has 0 aliphatic carbocycles. The molecule has 0 saturated carbocycles. The molecule has 36 heavy (non-hydrogen) atoms. The van der Waals surface area contributed by atoms with Gasteiger partial charge in [0.2, 0.25) is 0 Å². The van der Waals surface area contributed by atoms with Crippen LogP contribution in [0.4, 0.5) is 5.69 Å². The highest BCUT2D eigenvalue weighted by Gasteiger charge is 2.48. The van der Waals surface area contributed by atoms with Crippen molar-refractivity contribution in [3.63, 3.8) is 0 Å². The first-order valence-electron chi connectivity index (χ1n) is 11.3. The molecule has 0 radical (unpaired) electrons. The van der Waals surface area contributed by atoms with E-state index in [0.717, 1.165) is 0 Å². The van der Waals surface area contributed by atoms with Crippen LogP contribution in [0.1, 0.15) is 34.5 Å². The molecule has 1 saturated heterocycles. The minimum absolute atomic E-state index is 0.0795. The molecule has 1 heterocycles. The van der Waals surface area contributed by atoms with Crippen LogP contribution < -0.4 is 14.4 Å². The van der Waals surface area contributed by atoms with E-state index in [1.165, 1.54) is 31.3 Å². The van der Waals surface area contributed by atoms with Gasteiger partial charge in [-0.3, -0.25) is 14.5 Å². The largest absolute Gasteiger partial charge is 0.507 e. The maximum atomic E-state index is 13.4. The van der Waals surface area contributed by atoms with Crippen LogP contribution in [0.3, 0.4) is 0 Å². The normalized spacial score (nSPS) is 16.6. The number of methoxy groups -OCH3 is 2. The Morgan fingerprint density at radius 2 is 1.61 bits per heavy atom. The number of nitrogens with zero attached hydrogens (tertiary/aromatic N) is 1. The molecule has 3 aromatic rings. The van der Waals surface area contributed by atoms with Crippen LogP contribution in [0.15, 0.2) is 78.4 Å². The van der Waals surface area contributed by atoms with Gasteiger partial charge in [-0.2, -0.15) is 0 Å². The summed E-state index contributed by atoms with van der Waals surface area (Å²) in [5.74, 6) is -1.57. The van der Waals surface area contributed by atoms with Gasteiger partial charge in [0.25, 0.3) is 11.7 Å². The molecule has 1 N–H and O–H groups in total. The zero-order chi connectivity index (χ0) is 25.8.